The van der Waals surface area contributed by atoms with E-state index in [9.17, 15) is 0 Å². The Bertz CT molecular complexity index is 335. The lowest BCUT2D eigenvalue weighted by molar-refractivity contribution is 0.387. The van der Waals surface area contributed by atoms with E-state index in [1.807, 2.05) is 13.8 Å². The maximum atomic E-state index is 5.20. The monoisotopic (exact) mass is 222 g/mol. The normalized spacial score (nSPS) is 19.8. The molecule has 3 nitrogen and oxygen atoms in total. The Hall–Kier alpha value is -0.830. The zero-order valence-electron chi connectivity index (χ0n) is 10.7. The fourth-order valence-electron chi connectivity index (χ4n) is 2.54. The van der Waals surface area contributed by atoms with E-state index >= 15 is 0 Å². The molecule has 1 aliphatic rings. The zero-order valence-corrected chi connectivity index (χ0v) is 10.7. The van der Waals surface area contributed by atoms with Crippen molar-refractivity contribution in [2.24, 2.45) is 5.92 Å². The molecule has 2 rings (SSSR count). The second-order valence-corrected chi connectivity index (χ2v) is 5.21. The highest BCUT2D eigenvalue weighted by Crippen LogP contribution is 2.34. The summed E-state index contributed by atoms with van der Waals surface area (Å²) in [5.74, 6) is 1.91. The van der Waals surface area contributed by atoms with Crippen LogP contribution in [0.5, 0.6) is 0 Å². The number of hydrogen-bond acceptors (Lipinski definition) is 3. The summed E-state index contributed by atoms with van der Waals surface area (Å²) in [7, 11) is 0. The lowest BCUT2D eigenvalue weighted by Gasteiger charge is -2.19. The lowest BCUT2D eigenvalue weighted by Crippen LogP contribution is -2.29. The van der Waals surface area contributed by atoms with Crippen molar-refractivity contribution in [3.05, 3.63) is 17.0 Å². The van der Waals surface area contributed by atoms with Gasteiger partial charge in [0.15, 0.2) is 0 Å². The first kappa shape index (κ1) is 11.6. The van der Waals surface area contributed by atoms with Gasteiger partial charge in [0.2, 0.25) is 0 Å². The average molecular weight is 222 g/mol. The van der Waals surface area contributed by atoms with Crippen LogP contribution in [0.4, 0.5) is 0 Å². The summed E-state index contributed by atoms with van der Waals surface area (Å²) in [6, 6.07) is 0.913. The molecule has 1 heterocycles. The Labute approximate surface area is 97.6 Å². The first-order valence-electron chi connectivity index (χ1n) is 6.26. The van der Waals surface area contributed by atoms with Gasteiger partial charge in [-0.2, -0.15) is 0 Å². The van der Waals surface area contributed by atoms with Gasteiger partial charge in [0, 0.05) is 17.6 Å². The van der Waals surface area contributed by atoms with E-state index in [1.165, 1.54) is 24.8 Å². The highest BCUT2D eigenvalue weighted by molar-refractivity contribution is 5.24. The van der Waals surface area contributed by atoms with Gasteiger partial charge in [0.1, 0.15) is 5.76 Å². The standard InChI is InChI=1S/C13H22N2O/c1-8(7-12-5-6-12)14-9(2)13-10(3)15-16-11(13)4/h8-9,12,14H,5-7H2,1-4H3. The molecule has 1 aromatic heterocycles. The van der Waals surface area contributed by atoms with Crippen molar-refractivity contribution < 1.29 is 4.52 Å². The third kappa shape index (κ3) is 2.64. The Morgan fingerprint density at radius 3 is 2.56 bits per heavy atom. The van der Waals surface area contributed by atoms with Crippen LogP contribution in [0.3, 0.4) is 0 Å². The van der Waals surface area contributed by atoms with E-state index < -0.39 is 0 Å². The van der Waals surface area contributed by atoms with Gasteiger partial charge in [-0.25, -0.2) is 0 Å². The number of nitrogens with one attached hydrogen (secondary N) is 1. The van der Waals surface area contributed by atoms with Gasteiger partial charge in [-0.3, -0.25) is 0 Å². The highest BCUT2D eigenvalue weighted by atomic mass is 16.5. The summed E-state index contributed by atoms with van der Waals surface area (Å²) in [6.07, 6.45) is 4.14. The van der Waals surface area contributed by atoms with Crippen molar-refractivity contribution in [3.8, 4) is 0 Å². The Morgan fingerprint density at radius 1 is 1.38 bits per heavy atom. The predicted molar refractivity (Wildman–Crippen MR) is 64.3 cm³/mol. The van der Waals surface area contributed by atoms with Crippen LogP contribution in [0.15, 0.2) is 4.52 Å². The number of rotatable bonds is 5. The van der Waals surface area contributed by atoms with Crippen molar-refractivity contribution >= 4 is 0 Å². The molecule has 0 aromatic carbocycles. The van der Waals surface area contributed by atoms with Crippen molar-refractivity contribution in [1.82, 2.24) is 10.5 Å². The van der Waals surface area contributed by atoms with E-state index in [1.54, 1.807) is 0 Å². The van der Waals surface area contributed by atoms with E-state index in [4.69, 9.17) is 4.52 Å². The van der Waals surface area contributed by atoms with Gasteiger partial charge in [-0.15, -0.1) is 0 Å². The van der Waals surface area contributed by atoms with E-state index in [-0.39, 0.29) is 0 Å². The van der Waals surface area contributed by atoms with Crippen LogP contribution < -0.4 is 5.32 Å². The molecule has 1 aromatic rings. The molecule has 1 saturated carbocycles. The molecule has 0 radical (unpaired) electrons. The molecule has 90 valence electrons. The van der Waals surface area contributed by atoms with Crippen molar-refractivity contribution in [1.29, 1.82) is 0 Å². The molecule has 3 heteroatoms. The molecule has 2 atom stereocenters. The van der Waals surface area contributed by atoms with Crippen molar-refractivity contribution in [2.45, 2.75) is 59.0 Å². The molecule has 0 bridgehead atoms. The SMILES string of the molecule is Cc1noc(C)c1C(C)NC(C)CC1CC1. The van der Waals surface area contributed by atoms with Crippen LogP contribution in [-0.4, -0.2) is 11.2 Å². The van der Waals surface area contributed by atoms with Crippen molar-refractivity contribution in [2.75, 3.05) is 0 Å². The summed E-state index contributed by atoms with van der Waals surface area (Å²) in [5, 5.41) is 7.64. The van der Waals surface area contributed by atoms with Crippen LogP contribution in [0.1, 0.15) is 56.2 Å². The van der Waals surface area contributed by atoms with Gasteiger partial charge in [-0.1, -0.05) is 18.0 Å². The summed E-state index contributed by atoms with van der Waals surface area (Å²) in [5.41, 5.74) is 2.23. The number of nitrogens with zero attached hydrogens (tertiary/aromatic N) is 1. The van der Waals surface area contributed by atoms with E-state index in [2.05, 4.69) is 24.3 Å². The lowest BCUT2D eigenvalue weighted by atomic mass is 10.0. The van der Waals surface area contributed by atoms with Gasteiger partial charge >= 0.3 is 0 Å². The van der Waals surface area contributed by atoms with Crippen LogP contribution in [0.2, 0.25) is 0 Å². The number of hydrogen-bond donors (Lipinski definition) is 1. The Balaban J connectivity index is 1.93. The minimum Gasteiger partial charge on any atom is -0.361 e. The topological polar surface area (TPSA) is 38.1 Å². The molecule has 1 fully saturated rings. The maximum absolute atomic E-state index is 5.20. The van der Waals surface area contributed by atoms with Crippen LogP contribution in [-0.2, 0) is 0 Å². The molecule has 0 spiro atoms. The van der Waals surface area contributed by atoms with Crippen LogP contribution >= 0.6 is 0 Å². The third-order valence-electron chi connectivity index (χ3n) is 3.44. The smallest absolute Gasteiger partial charge is 0.138 e. The fraction of sp³-hybridized carbons (Fsp3) is 0.769. The first-order valence-corrected chi connectivity index (χ1v) is 6.26. The second-order valence-electron chi connectivity index (χ2n) is 5.21. The number of aryl methyl sites for hydroxylation is 2. The molecule has 16 heavy (non-hydrogen) atoms. The molecule has 1 aliphatic carbocycles. The van der Waals surface area contributed by atoms with Gasteiger partial charge in [-0.05, 0) is 40.0 Å². The largest absolute Gasteiger partial charge is 0.361 e. The summed E-state index contributed by atoms with van der Waals surface area (Å²) in [4.78, 5) is 0. The minimum atomic E-state index is 0.333. The minimum absolute atomic E-state index is 0.333. The summed E-state index contributed by atoms with van der Waals surface area (Å²) in [6.45, 7) is 8.46. The number of aromatic nitrogens is 1. The van der Waals surface area contributed by atoms with Crippen molar-refractivity contribution in [3.63, 3.8) is 0 Å². The molecule has 0 saturated heterocycles. The summed E-state index contributed by atoms with van der Waals surface area (Å²) < 4.78 is 5.20. The van der Waals surface area contributed by atoms with E-state index in [0.29, 0.717) is 12.1 Å². The molecular weight excluding hydrogens is 200 g/mol. The van der Waals surface area contributed by atoms with E-state index in [0.717, 1.165) is 17.4 Å². The average Bonchev–Trinajstić information content (AvgIpc) is 2.92. The summed E-state index contributed by atoms with van der Waals surface area (Å²) >= 11 is 0. The fourth-order valence-corrected chi connectivity index (χ4v) is 2.54. The molecule has 0 aliphatic heterocycles. The molecule has 2 unspecified atom stereocenters. The van der Waals surface area contributed by atoms with Gasteiger partial charge in [0.25, 0.3) is 0 Å². The van der Waals surface area contributed by atoms with Crippen LogP contribution in [0.25, 0.3) is 0 Å². The van der Waals surface area contributed by atoms with Gasteiger partial charge < -0.3 is 9.84 Å². The Kier molecular flexibility index (Phi) is 3.33. The molecule has 0 amide bonds. The Morgan fingerprint density at radius 2 is 2.06 bits per heavy atom. The first-order chi connectivity index (χ1) is 7.58. The quantitative estimate of drug-likeness (QED) is 0.831. The molecule has 1 N–H and O–H groups in total. The van der Waals surface area contributed by atoms with Gasteiger partial charge in [0.05, 0.1) is 5.69 Å². The third-order valence-corrected chi connectivity index (χ3v) is 3.44. The molecular formula is C13H22N2O. The second kappa shape index (κ2) is 4.58. The maximum Gasteiger partial charge on any atom is 0.138 e. The predicted octanol–water partition coefficient (Wildman–Crippen LogP) is 3.13. The highest BCUT2D eigenvalue weighted by Gasteiger charge is 2.25. The van der Waals surface area contributed by atoms with Crippen LogP contribution in [0, 0.1) is 19.8 Å². The zero-order chi connectivity index (χ0) is 11.7.